The first-order valence-electron chi connectivity index (χ1n) is 6.01. The van der Waals surface area contributed by atoms with Crippen molar-refractivity contribution in [2.24, 2.45) is 0 Å². The maximum absolute atomic E-state index is 5.46. The second kappa shape index (κ2) is 11.1. The molecule has 1 aliphatic heterocycles. The summed E-state index contributed by atoms with van der Waals surface area (Å²) >= 11 is 0. The third-order valence-electron chi connectivity index (χ3n) is 2.01. The Labute approximate surface area is 107 Å². The van der Waals surface area contributed by atoms with Crippen LogP contribution >= 0.6 is 0 Å². The minimum Gasteiger partial charge on any atom is -0.490 e. The van der Waals surface area contributed by atoms with Gasteiger partial charge in [0.25, 0.3) is 0 Å². The van der Waals surface area contributed by atoms with Crippen LogP contribution in [0.2, 0.25) is 0 Å². The summed E-state index contributed by atoms with van der Waals surface area (Å²) in [6.45, 7) is 22.6. The number of hydrogen-bond acceptors (Lipinski definition) is 2. The van der Waals surface area contributed by atoms with Crippen LogP contribution in [0.4, 0.5) is 0 Å². The lowest BCUT2D eigenvalue weighted by Gasteiger charge is -2.35. The molecule has 2 heteroatoms. The second-order valence-corrected chi connectivity index (χ2v) is 3.56. The molecule has 17 heavy (non-hydrogen) atoms. The van der Waals surface area contributed by atoms with Gasteiger partial charge < -0.3 is 9.64 Å². The Balaban J connectivity index is 0. The number of allylic oxidation sites excluding steroid dienone is 1. The van der Waals surface area contributed by atoms with Crippen molar-refractivity contribution in [3.63, 3.8) is 0 Å². The summed E-state index contributed by atoms with van der Waals surface area (Å²) in [7, 11) is 0. The van der Waals surface area contributed by atoms with E-state index < -0.39 is 0 Å². The summed E-state index contributed by atoms with van der Waals surface area (Å²) in [6, 6.07) is 0.332. The zero-order valence-corrected chi connectivity index (χ0v) is 11.8. The Morgan fingerprint density at radius 2 is 1.88 bits per heavy atom. The van der Waals surface area contributed by atoms with Crippen LogP contribution in [-0.4, -0.2) is 17.5 Å². The third kappa shape index (κ3) is 6.00. The molecule has 1 aliphatic rings. The van der Waals surface area contributed by atoms with E-state index in [1.54, 1.807) is 6.20 Å². The van der Waals surface area contributed by atoms with Crippen molar-refractivity contribution >= 4 is 0 Å². The van der Waals surface area contributed by atoms with Crippen molar-refractivity contribution in [3.05, 3.63) is 50.0 Å². The quantitative estimate of drug-likeness (QED) is 0.623. The van der Waals surface area contributed by atoms with Crippen molar-refractivity contribution in [3.8, 4) is 0 Å². The van der Waals surface area contributed by atoms with Gasteiger partial charge >= 0.3 is 0 Å². The Bertz CT molecular complexity index is 256. The average Bonchev–Trinajstić information content (AvgIpc) is 2.33. The van der Waals surface area contributed by atoms with E-state index in [0.29, 0.717) is 12.6 Å². The molecule has 0 aromatic heterocycles. The molecule has 1 fully saturated rings. The van der Waals surface area contributed by atoms with Gasteiger partial charge in [-0.05, 0) is 26.1 Å². The summed E-state index contributed by atoms with van der Waals surface area (Å²) in [5.41, 5.74) is 0.895. The molecule has 0 radical (unpaired) electrons. The van der Waals surface area contributed by atoms with E-state index in [0.717, 1.165) is 11.5 Å². The van der Waals surface area contributed by atoms with Gasteiger partial charge in [-0.15, -0.1) is 13.2 Å². The number of nitrogens with zero attached hydrogens (tertiary/aromatic N) is 1. The van der Waals surface area contributed by atoms with Crippen LogP contribution < -0.4 is 0 Å². The summed E-state index contributed by atoms with van der Waals surface area (Å²) in [6.07, 6.45) is 4.96. The molecule has 1 unspecified atom stereocenters. The van der Waals surface area contributed by atoms with Crippen LogP contribution in [0.3, 0.4) is 0 Å². The smallest absolute Gasteiger partial charge is 0.138 e. The number of rotatable bonds is 1. The van der Waals surface area contributed by atoms with Gasteiger partial charge in [0.2, 0.25) is 0 Å². The van der Waals surface area contributed by atoms with Gasteiger partial charge in [-0.25, -0.2) is 0 Å². The van der Waals surface area contributed by atoms with Crippen molar-refractivity contribution < 1.29 is 4.74 Å². The molecule has 0 bridgehead atoms. The summed E-state index contributed by atoms with van der Waals surface area (Å²) in [5, 5.41) is 0. The van der Waals surface area contributed by atoms with E-state index in [9.17, 15) is 0 Å². The standard InChI is InChI=1S/C10H15NO.C3H8.C2H4/c1-5-10-9(4)11(6-2)8(3)7-12-10;1-3-2;1-2/h5-6,8H,2,4,7H2,1,3H3;3H2,1-2H3;1-2H2/b10-5+;;. The summed E-state index contributed by atoms with van der Waals surface area (Å²) in [4.78, 5) is 2.03. The highest BCUT2D eigenvalue weighted by molar-refractivity contribution is 5.25. The van der Waals surface area contributed by atoms with E-state index in [1.165, 1.54) is 6.42 Å². The van der Waals surface area contributed by atoms with Gasteiger partial charge in [0.1, 0.15) is 12.4 Å². The summed E-state index contributed by atoms with van der Waals surface area (Å²) < 4.78 is 5.46. The Morgan fingerprint density at radius 1 is 1.41 bits per heavy atom. The van der Waals surface area contributed by atoms with E-state index in [2.05, 4.69) is 47.1 Å². The van der Waals surface area contributed by atoms with Crippen molar-refractivity contribution in [2.45, 2.75) is 40.2 Å². The zero-order chi connectivity index (χ0) is 13.8. The first-order chi connectivity index (χ1) is 8.12. The average molecular weight is 237 g/mol. The van der Waals surface area contributed by atoms with E-state index in [1.807, 2.05) is 17.9 Å². The van der Waals surface area contributed by atoms with Gasteiger partial charge in [0.15, 0.2) is 0 Å². The Kier molecular flexibility index (Phi) is 11.7. The molecular formula is C15H27NO. The van der Waals surface area contributed by atoms with Crippen LogP contribution in [0.25, 0.3) is 0 Å². The Hall–Kier alpha value is -1.44. The van der Waals surface area contributed by atoms with Gasteiger partial charge in [-0.2, -0.15) is 0 Å². The van der Waals surface area contributed by atoms with Crippen LogP contribution in [0, 0.1) is 0 Å². The fraction of sp³-hybridized carbons (Fsp3) is 0.467. The van der Waals surface area contributed by atoms with Gasteiger partial charge in [-0.3, -0.25) is 0 Å². The molecule has 1 heterocycles. The molecular weight excluding hydrogens is 210 g/mol. The molecule has 2 nitrogen and oxygen atoms in total. The van der Waals surface area contributed by atoms with E-state index in [-0.39, 0.29) is 0 Å². The molecule has 0 amide bonds. The predicted molar refractivity (Wildman–Crippen MR) is 77.6 cm³/mol. The first kappa shape index (κ1) is 17.9. The topological polar surface area (TPSA) is 12.5 Å². The van der Waals surface area contributed by atoms with Crippen LogP contribution in [0.5, 0.6) is 0 Å². The highest BCUT2D eigenvalue weighted by atomic mass is 16.5. The molecule has 0 aliphatic carbocycles. The molecule has 0 saturated carbocycles. The molecule has 0 aromatic rings. The maximum atomic E-state index is 5.46. The lowest BCUT2D eigenvalue weighted by molar-refractivity contribution is 0.108. The molecule has 0 spiro atoms. The number of hydrogen-bond donors (Lipinski definition) is 0. The van der Waals surface area contributed by atoms with E-state index in [4.69, 9.17) is 4.74 Å². The van der Waals surface area contributed by atoms with Crippen LogP contribution in [0.15, 0.2) is 50.0 Å². The second-order valence-electron chi connectivity index (χ2n) is 3.56. The molecule has 1 rings (SSSR count). The SMILES string of the molecule is C=C.C=CN1C(=C)/C(=C\C)OCC1C.CCC. The zero-order valence-electron chi connectivity index (χ0n) is 11.8. The largest absolute Gasteiger partial charge is 0.490 e. The normalized spacial score (nSPS) is 20.5. The monoisotopic (exact) mass is 237 g/mol. The van der Waals surface area contributed by atoms with Gasteiger partial charge in [0.05, 0.1) is 11.7 Å². The maximum Gasteiger partial charge on any atom is 0.138 e. The molecule has 98 valence electrons. The van der Waals surface area contributed by atoms with Crippen molar-refractivity contribution in [1.82, 2.24) is 4.90 Å². The molecule has 1 atom stereocenters. The predicted octanol–water partition coefficient (Wildman–Crippen LogP) is 4.49. The van der Waals surface area contributed by atoms with Gasteiger partial charge in [-0.1, -0.05) is 33.4 Å². The van der Waals surface area contributed by atoms with Crippen LogP contribution in [0.1, 0.15) is 34.1 Å². The minimum atomic E-state index is 0.332. The fourth-order valence-electron chi connectivity index (χ4n) is 1.31. The van der Waals surface area contributed by atoms with E-state index >= 15 is 0 Å². The molecule has 0 N–H and O–H groups in total. The molecule has 1 saturated heterocycles. The number of morpholine rings is 1. The molecule has 0 aromatic carbocycles. The van der Waals surface area contributed by atoms with Crippen LogP contribution in [-0.2, 0) is 4.74 Å². The van der Waals surface area contributed by atoms with Crippen molar-refractivity contribution in [2.75, 3.05) is 6.61 Å². The first-order valence-corrected chi connectivity index (χ1v) is 6.01. The lowest BCUT2D eigenvalue weighted by atomic mass is 10.2. The lowest BCUT2D eigenvalue weighted by Crippen LogP contribution is -2.36. The van der Waals surface area contributed by atoms with Crippen molar-refractivity contribution in [1.29, 1.82) is 0 Å². The highest BCUT2D eigenvalue weighted by Crippen LogP contribution is 2.23. The van der Waals surface area contributed by atoms with Gasteiger partial charge in [0, 0.05) is 0 Å². The minimum absolute atomic E-state index is 0.332. The fourth-order valence-corrected chi connectivity index (χ4v) is 1.31. The third-order valence-corrected chi connectivity index (χ3v) is 2.01. The summed E-state index contributed by atoms with van der Waals surface area (Å²) in [5.74, 6) is 0.855. The highest BCUT2D eigenvalue weighted by Gasteiger charge is 2.22. The number of ether oxygens (including phenoxy) is 1. The Morgan fingerprint density at radius 3 is 2.24 bits per heavy atom.